The zero-order chi connectivity index (χ0) is 13.7. The van der Waals surface area contributed by atoms with E-state index in [-0.39, 0.29) is 5.91 Å². The molecular formula is C12H24N4OS. The summed E-state index contributed by atoms with van der Waals surface area (Å²) in [4.78, 5) is 18.7. The van der Waals surface area contributed by atoms with E-state index in [0.29, 0.717) is 30.5 Å². The summed E-state index contributed by atoms with van der Waals surface area (Å²) < 4.78 is 0. The highest BCUT2D eigenvalue weighted by Gasteiger charge is 2.24. The first-order valence-electron chi connectivity index (χ1n) is 6.35. The normalized spacial score (nSPS) is 21.8. The second kappa shape index (κ2) is 7.01. The fourth-order valence-corrected chi connectivity index (χ4v) is 2.20. The van der Waals surface area contributed by atoms with Gasteiger partial charge in [0, 0.05) is 45.7 Å². The molecule has 1 aliphatic heterocycles. The molecule has 0 saturated carbocycles. The smallest absolute Gasteiger partial charge is 0.236 e. The van der Waals surface area contributed by atoms with E-state index in [1.807, 2.05) is 0 Å². The SMILES string of the molecule is CC1CN(C)CCN1CC(=O)N(C)CCC(N)=S. The van der Waals surface area contributed by atoms with Crippen LogP contribution < -0.4 is 5.73 Å². The molecule has 1 atom stereocenters. The lowest BCUT2D eigenvalue weighted by Crippen LogP contribution is -2.53. The molecule has 1 saturated heterocycles. The lowest BCUT2D eigenvalue weighted by Gasteiger charge is -2.38. The van der Waals surface area contributed by atoms with Crippen molar-refractivity contribution in [2.75, 3.05) is 46.8 Å². The molecule has 0 bridgehead atoms. The van der Waals surface area contributed by atoms with Gasteiger partial charge in [0.25, 0.3) is 0 Å². The number of likely N-dealkylation sites (N-methyl/N-ethyl adjacent to an activating group) is 2. The molecule has 1 fully saturated rings. The quantitative estimate of drug-likeness (QED) is 0.700. The van der Waals surface area contributed by atoms with Crippen molar-refractivity contribution >= 4 is 23.1 Å². The van der Waals surface area contributed by atoms with Crippen molar-refractivity contribution in [1.82, 2.24) is 14.7 Å². The predicted octanol–water partition coefficient (Wildman–Crippen LogP) is -0.243. The third-order valence-electron chi connectivity index (χ3n) is 3.43. The lowest BCUT2D eigenvalue weighted by molar-refractivity contribution is -0.132. The Morgan fingerprint density at radius 1 is 1.50 bits per heavy atom. The fraction of sp³-hybridized carbons (Fsp3) is 0.833. The summed E-state index contributed by atoms with van der Waals surface area (Å²) in [5, 5.41) is 0. The molecule has 0 aromatic rings. The minimum Gasteiger partial charge on any atom is -0.393 e. The van der Waals surface area contributed by atoms with Crippen molar-refractivity contribution in [2.24, 2.45) is 5.73 Å². The van der Waals surface area contributed by atoms with E-state index in [2.05, 4.69) is 23.8 Å². The topological polar surface area (TPSA) is 52.8 Å². The number of amides is 1. The molecule has 0 aromatic heterocycles. The number of nitrogens with zero attached hydrogens (tertiary/aromatic N) is 3. The third kappa shape index (κ3) is 4.88. The van der Waals surface area contributed by atoms with Crippen molar-refractivity contribution < 1.29 is 4.79 Å². The number of rotatable bonds is 5. The first-order chi connectivity index (χ1) is 8.40. The van der Waals surface area contributed by atoms with E-state index in [4.69, 9.17) is 18.0 Å². The van der Waals surface area contributed by atoms with Crippen LogP contribution in [0, 0.1) is 0 Å². The van der Waals surface area contributed by atoms with E-state index in [0.717, 1.165) is 19.6 Å². The average molecular weight is 272 g/mol. The number of hydrogen-bond donors (Lipinski definition) is 1. The van der Waals surface area contributed by atoms with Gasteiger partial charge in [0.1, 0.15) is 0 Å². The molecule has 104 valence electrons. The predicted molar refractivity (Wildman–Crippen MR) is 77.6 cm³/mol. The highest BCUT2D eigenvalue weighted by atomic mass is 32.1. The first kappa shape index (κ1) is 15.3. The minimum absolute atomic E-state index is 0.141. The van der Waals surface area contributed by atoms with Gasteiger partial charge >= 0.3 is 0 Å². The van der Waals surface area contributed by atoms with E-state index >= 15 is 0 Å². The molecule has 1 amide bonds. The van der Waals surface area contributed by atoms with Gasteiger partial charge in [-0.3, -0.25) is 9.69 Å². The van der Waals surface area contributed by atoms with Crippen molar-refractivity contribution in [2.45, 2.75) is 19.4 Å². The van der Waals surface area contributed by atoms with Gasteiger partial charge in [-0.15, -0.1) is 0 Å². The molecule has 5 nitrogen and oxygen atoms in total. The minimum atomic E-state index is 0.141. The maximum Gasteiger partial charge on any atom is 0.236 e. The zero-order valence-corrected chi connectivity index (χ0v) is 12.4. The molecule has 2 N–H and O–H groups in total. The molecule has 0 aromatic carbocycles. The van der Waals surface area contributed by atoms with Crippen LogP contribution in [-0.2, 0) is 4.79 Å². The van der Waals surface area contributed by atoms with Crippen LogP contribution in [0.15, 0.2) is 0 Å². The van der Waals surface area contributed by atoms with Gasteiger partial charge in [-0.1, -0.05) is 12.2 Å². The molecule has 0 spiro atoms. The first-order valence-corrected chi connectivity index (χ1v) is 6.76. The molecule has 1 rings (SSSR count). The number of piperazine rings is 1. The molecule has 0 radical (unpaired) electrons. The molecule has 6 heteroatoms. The van der Waals surface area contributed by atoms with E-state index in [9.17, 15) is 4.79 Å². The van der Waals surface area contributed by atoms with Crippen LogP contribution in [0.1, 0.15) is 13.3 Å². The zero-order valence-electron chi connectivity index (χ0n) is 11.6. The number of hydrogen-bond acceptors (Lipinski definition) is 4. The van der Waals surface area contributed by atoms with E-state index in [1.54, 1.807) is 11.9 Å². The Balaban J connectivity index is 2.37. The molecular weight excluding hydrogens is 248 g/mol. The number of nitrogens with two attached hydrogens (primary N) is 1. The second-order valence-corrected chi connectivity index (χ2v) is 5.64. The lowest BCUT2D eigenvalue weighted by atomic mass is 10.2. The summed E-state index contributed by atoms with van der Waals surface area (Å²) in [5.41, 5.74) is 5.44. The van der Waals surface area contributed by atoms with Crippen LogP contribution in [0.2, 0.25) is 0 Å². The van der Waals surface area contributed by atoms with Crippen molar-refractivity contribution in [1.29, 1.82) is 0 Å². The Hall–Kier alpha value is -0.720. The second-order valence-electron chi connectivity index (χ2n) is 5.11. The molecule has 1 unspecified atom stereocenters. The summed E-state index contributed by atoms with van der Waals surface area (Å²) in [6.07, 6.45) is 0.593. The Morgan fingerprint density at radius 2 is 2.17 bits per heavy atom. The van der Waals surface area contributed by atoms with E-state index in [1.165, 1.54) is 0 Å². The van der Waals surface area contributed by atoms with Crippen molar-refractivity contribution in [3.05, 3.63) is 0 Å². The molecule has 18 heavy (non-hydrogen) atoms. The van der Waals surface area contributed by atoms with Crippen LogP contribution in [0.4, 0.5) is 0 Å². The maximum atomic E-state index is 12.0. The van der Waals surface area contributed by atoms with E-state index < -0.39 is 0 Å². The fourth-order valence-electron chi connectivity index (χ4n) is 2.11. The summed E-state index contributed by atoms with van der Waals surface area (Å²) in [7, 11) is 3.92. The highest BCUT2D eigenvalue weighted by Crippen LogP contribution is 2.07. The summed E-state index contributed by atoms with van der Waals surface area (Å²) >= 11 is 4.82. The summed E-state index contributed by atoms with van der Waals surface area (Å²) in [6, 6.07) is 0.427. The van der Waals surface area contributed by atoms with Gasteiger partial charge in [0.05, 0.1) is 11.5 Å². The monoisotopic (exact) mass is 272 g/mol. The highest BCUT2D eigenvalue weighted by molar-refractivity contribution is 7.80. The Bertz CT molecular complexity index is 310. The van der Waals surface area contributed by atoms with Crippen LogP contribution in [0.25, 0.3) is 0 Å². The Kier molecular flexibility index (Phi) is 5.98. The standard InChI is InChI=1S/C12H24N4OS/c1-10-8-14(2)6-7-16(10)9-12(17)15(3)5-4-11(13)18/h10H,4-9H2,1-3H3,(H2,13,18). The van der Waals surface area contributed by atoms with Crippen LogP contribution in [-0.4, -0.2) is 78.5 Å². The van der Waals surface area contributed by atoms with Crippen LogP contribution in [0.5, 0.6) is 0 Å². The molecule has 1 aliphatic rings. The van der Waals surface area contributed by atoms with Gasteiger partial charge in [-0.25, -0.2) is 0 Å². The van der Waals surface area contributed by atoms with Crippen molar-refractivity contribution in [3.63, 3.8) is 0 Å². The summed E-state index contributed by atoms with van der Waals surface area (Å²) in [6.45, 7) is 6.25. The van der Waals surface area contributed by atoms with Gasteiger partial charge in [-0.2, -0.15) is 0 Å². The van der Waals surface area contributed by atoms with Gasteiger partial charge < -0.3 is 15.5 Å². The largest absolute Gasteiger partial charge is 0.393 e. The van der Waals surface area contributed by atoms with Gasteiger partial charge in [0.2, 0.25) is 5.91 Å². The third-order valence-corrected chi connectivity index (χ3v) is 3.63. The van der Waals surface area contributed by atoms with Crippen LogP contribution >= 0.6 is 12.2 Å². The average Bonchev–Trinajstić information content (AvgIpc) is 2.29. The number of thiocarbonyl (C=S) groups is 1. The van der Waals surface area contributed by atoms with Crippen molar-refractivity contribution in [3.8, 4) is 0 Å². The number of carbonyl (C=O) groups is 1. The van der Waals surface area contributed by atoms with Crippen LogP contribution in [0.3, 0.4) is 0 Å². The molecule has 1 heterocycles. The number of carbonyl (C=O) groups excluding carboxylic acids is 1. The Labute approximate surface area is 115 Å². The maximum absolute atomic E-state index is 12.0. The summed E-state index contributed by atoms with van der Waals surface area (Å²) in [5.74, 6) is 0.141. The molecule has 0 aliphatic carbocycles. The van der Waals surface area contributed by atoms with Gasteiger partial charge in [0.15, 0.2) is 0 Å². The Morgan fingerprint density at radius 3 is 2.72 bits per heavy atom. The van der Waals surface area contributed by atoms with Gasteiger partial charge in [-0.05, 0) is 14.0 Å².